The third kappa shape index (κ3) is 6.05. The third-order valence-corrected chi connectivity index (χ3v) is 6.33. The van der Waals surface area contributed by atoms with Crippen molar-refractivity contribution < 1.29 is 13.9 Å². The Morgan fingerprint density at radius 2 is 1.41 bits per heavy atom. The molecule has 2 aromatic carbocycles. The molecule has 1 N–H and O–H groups in total. The van der Waals surface area contributed by atoms with Crippen LogP contribution in [-0.2, 0) is 0 Å². The number of benzene rings is 2. The van der Waals surface area contributed by atoms with Crippen LogP contribution < -0.4 is 0 Å². The Hall–Kier alpha value is -1.39. The Bertz CT molecular complexity index is 720. The molecule has 0 amide bonds. The number of thioether (sulfide) groups is 1. The minimum Gasteiger partial charge on any atom is -0.396 e. The van der Waals surface area contributed by atoms with Gasteiger partial charge < -0.3 is 5.11 Å². The number of aliphatic hydroxyl groups is 1. The molecule has 0 spiro atoms. The summed E-state index contributed by atoms with van der Waals surface area (Å²) in [6.45, 7) is 0.417. The van der Waals surface area contributed by atoms with Crippen molar-refractivity contribution in [2.75, 3.05) is 12.9 Å². The van der Waals surface area contributed by atoms with Crippen molar-refractivity contribution >= 4 is 11.8 Å². The summed E-state index contributed by atoms with van der Waals surface area (Å²) in [6.07, 6.45) is 8.80. The van der Waals surface area contributed by atoms with Crippen LogP contribution >= 0.6 is 11.8 Å². The van der Waals surface area contributed by atoms with Crippen molar-refractivity contribution in [3.63, 3.8) is 0 Å². The second-order valence-corrected chi connectivity index (χ2v) is 8.53. The standard InChI is InChI=1S/C19H20F2S.C4H8O/c1-22-19-11-16(10-18(21)12-19)15-4-2-13(3-5-15)14-6-8-17(20)9-7-14;5-3-4-1-2-4/h6-13,15H,2-5H2,1H3;4-5H,1-3H2. The first-order chi connectivity index (χ1) is 13.1. The van der Waals surface area contributed by atoms with E-state index in [2.05, 4.69) is 6.07 Å². The van der Waals surface area contributed by atoms with E-state index in [1.807, 2.05) is 18.4 Å². The molecule has 27 heavy (non-hydrogen) atoms. The molecule has 2 aliphatic carbocycles. The van der Waals surface area contributed by atoms with E-state index in [9.17, 15) is 8.78 Å². The van der Waals surface area contributed by atoms with Gasteiger partial charge in [0.25, 0.3) is 0 Å². The van der Waals surface area contributed by atoms with Crippen molar-refractivity contribution in [3.05, 3.63) is 65.2 Å². The first kappa shape index (κ1) is 20.3. The molecule has 2 aromatic rings. The van der Waals surface area contributed by atoms with Crippen LogP contribution in [0.15, 0.2) is 47.4 Å². The van der Waals surface area contributed by atoms with Crippen LogP contribution in [0.1, 0.15) is 61.5 Å². The molecule has 0 heterocycles. The molecule has 0 aromatic heterocycles. The third-order valence-electron chi connectivity index (χ3n) is 5.62. The number of halogens is 2. The lowest BCUT2D eigenvalue weighted by molar-refractivity contribution is 0.277. The molecule has 0 bridgehead atoms. The van der Waals surface area contributed by atoms with Gasteiger partial charge in [0.05, 0.1) is 0 Å². The highest BCUT2D eigenvalue weighted by molar-refractivity contribution is 7.98. The van der Waals surface area contributed by atoms with Crippen molar-refractivity contribution in [2.45, 2.75) is 55.3 Å². The van der Waals surface area contributed by atoms with Gasteiger partial charge in [-0.05, 0) is 104 Å². The molecule has 2 saturated carbocycles. The maximum Gasteiger partial charge on any atom is 0.124 e. The SMILES string of the molecule is CSc1cc(F)cc(C2CCC(c3ccc(F)cc3)CC2)c1.OCC1CC1. The molecular formula is C23H28F2OS. The molecule has 0 radical (unpaired) electrons. The summed E-state index contributed by atoms with van der Waals surface area (Å²) in [4.78, 5) is 0.996. The minimum atomic E-state index is -0.179. The smallest absolute Gasteiger partial charge is 0.124 e. The fraction of sp³-hybridized carbons (Fsp3) is 0.478. The van der Waals surface area contributed by atoms with Crippen molar-refractivity contribution in [2.24, 2.45) is 5.92 Å². The Morgan fingerprint density at radius 3 is 1.89 bits per heavy atom. The van der Waals surface area contributed by atoms with Gasteiger partial charge >= 0.3 is 0 Å². The summed E-state index contributed by atoms with van der Waals surface area (Å²) in [5, 5.41) is 8.21. The van der Waals surface area contributed by atoms with Gasteiger partial charge in [0.2, 0.25) is 0 Å². The number of hydrogen-bond donors (Lipinski definition) is 1. The average molecular weight is 391 g/mol. The Morgan fingerprint density at radius 1 is 0.815 bits per heavy atom. The zero-order valence-electron chi connectivity index (χ0n) is 15.8. The first-order valence-electron chi connectivity index (χ1n) is 9.80. The summed E-state index contributed by atoms with van der Waals surface area (Å²) in [7, 11) is 0. The summed E-state index contributed by atoms with van der Waals surface area (Å²) in [5.74, 6) is 1.32. The lowest BCUT2D eigenvalue weighted by Crippen LogP contribution is -2.12. The highest BCUT2D eigenvalue weighted by Gasteiger charge is 2.24. The zero-order valence-corrected chi connectivity index (χ0v) is 16.7. The molecule has 4 heteroatoms. The second kappa shape index (κ2) is 9.70. The van der Waals surface area contributed by atoms with E-state index in [1.165, 1.54) is 18.4 Å². The molecule has 0 atom stereocenters. The molecule has 1 nitrogen and oxygen atoms in total. The van der Waals surface area contributed by atoms with E-state index in [0.29, 0.717) is 24.4 Å². The van der Waals surface area contributed by atoms with Crippen LogP contribution in [0, 0.1) is 17.6 Å². The van der Waals surface area contributed by atoms with Gasteiger partial charge in [-0.1, -0.05) is 12.1 Å². The van der Waals surface area contributed by atoms with Gasteiger partial charge in [0.15, 0.2) is 0 Å². The fourth-order valence-corrected chi connectivity index (χ4v) is 4.22. The molecule has 4 rings (SSSR count). The maximum absolute atomic E-state index is 13.7. The van der Waals surface area contributed by atoms with Crippen molar-refractivity contribution in [3.8, 4) is 0 Å². The van der Waals surface area contributed by atoms with Crippen LogP contribution in [-0.4, -0.2) is 18.0 Å². The molecule has 0 saturated heterocycles. The maximum atomic E-state index is 13.7. The van der Waals surface area contributed by atoms with E-state index >= 15 is 0 Å². The monoisotopic (exact) mass is 390 g/mol. The average Bonchev–Trinajstić information content (AvgIpc) is 3.53. The van der Waals surface area contributed by atoms with Crippen LogP contribution in [0.5, 0.6) is 0 Å². The highest BCUT2D eigenvalue weighted by atomic mass is 32.2. The largest absolute Gasteiger partial charge is 0.396 e. The van der Waals surface area contributed by atoms with Gasteiger partial charge in [-0.15, -0.1) is 11.8 Å². The van der Waals surface area contributed by atoms with E-state index in [1.54, 1.807) is 36.0 Å². The zero-order chi connectivity index (χ0) is 19.2. The number of hydrogen-bond acceptors (Lipinski definition) is 2. The predicted octanol–water partition coefficient (Wildman–Crippen LogP) is 6.52. The Kier molecular flexibility index (Phi) is 7.31. The van der Waals surface area contributed by atoms with Gasteiger partial charge in [0, 0.05) is 11.5 Å². The molecule has 0 aliphatic heterocycles. The Balaban J connectivity index is 0.000000364. The fourth-order valence-electron chi connectivity index (χ4n) is 3.73. The van der Waals surface area contributed by atoms with Crippen LogP contribution in [0.3, 0.4) is 0 Å². The summed E-state index contributed by atoms with van der Waals surface area (Å²) < 4.78 is 26.7. The molecule has 146 valence electrons. The Labute approximate surface area is 165 Å². The summed E-state index contributed by atoms with van der Waals surface area (Å²) >= 11 is 1.58. The lowest BCUT2D eigenvalue weighted by atomic mass is 9.76. The van der Waals surface area contributed by atoms with Gasteiger partial charge in [-0.2, -0.15) is 0 Å². The van der Waals surface area contributed by atoms with Gasteiger partial charge in [0.1, 0.15) is 11.6 Å². The van der Waals surface area contributed by atoms with E-state index in [-0.39, 0.29) is 11.6 Å². The molecule has 2 fully saturated rings. The van der Waals surface area contributed by atoms with E-state index < -0.39 is 0 Å². The quantitative estimate of drug-likeness (QED) is 0.600. The number of rotatable bonds is 4. The molecule has 2 aliphatic rings. The highest BCUT2D eigenvalue weighted by Crippen LogP contribution is 2.41. The summed E-state index contributed by atoms with van der Waals surface area (Å²) in [5.41, 5.74) is 2.35. The normalized spacial score (nSPS) is 22.1. The van der Waals surface area contributed by atoms with E-state index in [4.69, 9.17) is 5.11 Å². The van der Waals surface area contributed by atoms with Crippen LogP contribution in [0.25, 0.3) is 0 Å². The topological polar surface area (TPSA) is 20.2 Å². The predicted molar refractivity (Wildman–Crippen MR) is 108 cm³/mol. The molecular weight excluding hydrogens is 362 g/mol. The van der Waals surface area contributed by atoms with E-state index in [0.717, 1.165) is 36.1 Å². The minimum absolute atomic E-state index is 0.137. The summed E-state index contributed by atoms with van der Waals surface area (Å²) in [6, 6.07) is 12.3. The first-order valence-corrected chi connectivity index (χ1v) is 11.0. The number of aliphatic hydroxyl groups excluding tert-OH is 1. The van der Waals surface area contributed by atoms with Crippen molar-refractivity contribution in [1.29, 1.82) is 0 Å². The lowest BCUT2D eigenvalue weighted by Gasteiger charge is -2.29. The van der Waals surface area contributed by atoms with Gasteiger partial charge in [-0.3, -0.25) is 0 Å². The van der Waals surface area contributed by atoms with Crippen LogP contribution in [0.2, 0.25) is 0 Å². The van der Waals surface area contributed by atoms with Crippen molar-refractivity contribution in [1.82, 2.24) is 0 Å². The molecule has 0 unspecified atom stereocenters. The van der Waals surface area contributed by atoms with Crippen LogP contribution in [0.4, 0.5) is 8.78 Å². The van der Waals surface area contributed by atoms with Gasteiger partial charge in [-0.25, -0.2) is 8.78 Å². The second-order valence-electron chi connectivity index (χ2n) is 7.65.